The Morgan fingerprint density at radius 2 is 2.12 bits per heavy atom. The first-order valence-electron chi connectivity index (χ1n) is 5.46. The average molecular weight is 251 g/mol. The normalized spacial score (nSPS) is 16.0. The van der Waals surface area contributed by atoms with Gasteiger partial charge in [0.05, 0.1) is 12.4 Å². The number of aromatic nitrogens is 2. The first-order chi connectivity index (χ1) is 8.04. The minimum atomic E-state index is -4.48. The van der Waals surface area contributed by atoms with Crippen LogP contribution in [0, 0.1) is 0 Å². The molecule has 0 unspecified atom stereocenters. The van der Waals surface area contributed by atoms with Gasteiger partial charge in [0.1, 0.15) is 0 Å². The lowest BCUT2D eigenvalue weighted by molar-refractivity contribution is -0.147. The van der Waals surface area contributed by atoms with Gasteiger partial charge in [-0.3, -0.25) is 4.39 Å². The molecule has 0 radical (unpaired) electrons. The Labute approximate surface area is 95.8 Å². The third kappa shape index (κ3) is 2.43. The number of rotatable bonds is 3. The summed E-state index contributed by atoms with van der Waals surface area (Å²) in [5.74, 6) is -0.903. The van der Waals surface area contributed by atoms with E-state index in [4.69, 9.17) is 0 Å². The van der Waals surface area contributed by atoms with Crippen molar-refractivity contribution in [1.29, 1.82) is 0 Å². The topological polar surface area (TPSA) is 29.9 Å². The minimum absolute atomic E-state index is 0.0354. The fourth-order valence-electron chi connectivity index (χ4n) is 2.05. The Kier molecular flexibility index (Phi) is 3.37. The molecule has 7 heteroatoms. The van der Waals surface area contributed by atoms with Gasteiger partial charge in [0, 0.05) is 31.7 Å². The van der Waals surface area contributed by atoms with Crippen molar-refractivity contribution in [3.05, 3.63) is 17.2 Å². The molecule has 0 bridgehead atoms. The molecule has 0 spiro atoms. The van der Waals surface area contributed by atoms with Gasteiger partial charge in [-0.05, 0) is 6.42 Å². The lowest BCUT2D eigenvalue weighted by Crippen LogP contribution is -2.25. The lowest BCUT2D eigenvalue weighted by Gasteiger charge is -2.16. The van der Waals surface area contributed by atoms with E-state index < -0.39 is 18.7 Å². The molecule has 1 N–H and O–H groups in total. The Hall–Kier alpha value is -1.11. The Bertz CT molecular complexity index is 397. The minimum Gasteiger partial charge on any atom is -0.324 e. The molecule has 3 nitrogen and oxygen atoms in total. The monoisotopic (exact) mass is 251 g/mol. The molecule has 0 aliphatic carbocycles. The molecule has 2 heterocycles. The van der Waals surface area contributed by atoms with Crippen LogP contribution in [-0.2, 0) is 25.7 Å². The van der Waals surface area contributed by atoms with Crippen molar-refractivity contribution in [2.45, 2.75) is 32.1 Å². The number of hydrogen-bond acceptors (Lipinski definition) is 2. The van der Waals surface area contributed by atoms with Crippen LogP contribution in [0.1, 0.15) is 23.6 Å². The van der Waals surface area contributed by atoms with E-state index >= 15 is 0 Å². The summed E-state index contributed by atoms with van der Waals surface area (Å²) < 4.78 is 51.5. The van der Waals surface area contributed by atoms with Gasteiger partial charge >= 0.3 is 6.18 Å². The molecule has 17 heavy (non-hydrogen) atoms. The molecule has 0 fully saturated rings. The first-order valence-corrected chi connectivity index (χ1v) is 5.46. The molecule has 96 valence electrons. The third-order valence-electron chi connectivity index (χ3n) is 2.76. The van der Waals surface area contributed by atoms with E-state index in [0.717, 1.165) is 4.57 Å². The Morgan fingerprint density at radius 1 is 1.35 bits per heavy atom. The van der Waals surface area contributed by atoms with Crippen LogP contribution in [0.3, 0.4) is 0 Å². The van der Waals surface area contributed by atoms with Crippen LogP contribution in [0.5, 0.6) is 0 Å². The maximum atomic E-state index is 12.8. The largest absolute Gasteiger partial charge is 0.449 e. The summed E-state index contributed by atoms with van der Waals surface area (Å²) >= 11 is 0. The standard InChI is InChI=1S/C10H13F4N3/c11-3-1-5-17-8-2-4-15-6-7(8)16-9(17)10(12,13)14/h15H,1-6H2. The zero-order valence-corrected chi connectivity index (χ0v) is 9.15. The molecular formula is C10H13F4N3. The second kappa shape index (κ2) is 4.64. The van der Waals surface area contributed by atoms with Gasteiger partial charge in [-0.2, -0.15) is 13.2 Å². The average Bonchev–Trinajstić information content (AvgIpc) is 2.65. The van der Waals surface area contributed by atoms with Crippen LogP contribution in [0.25, 0.3) is 0 Å². The van der Waals surface area contributed by atoms with Crippen molar-refractivity contribution in [3.63, 3.8) is 0 Å². The summed E-state index contributed by atoms with van der Waals surface area (Å²) in [7, 11) is 0. The molecule has 0 saturated carbocycles. The summed E-state index contributed by atoms with van der Waals surface area (Å²) in [6.45, 7) is 0.392. The van der Waals surface area contributed by atoms with Gasteiger partial charge in [0.2, 0.25) is 5.82 Å². The van der Waals surface area contributed by atoms with Crippen LogP contribution in [0.4, 0.5) is 17.6 Å². The van der Waals surface area contributed by atoms with Crippen LogP contribution in [0.2, 0.25) is 0 Å². The van der Waals surface area contributed by atoms with Crippen molar-refractivity contribution < 1.29 is 17.6 Å². The smallest absolute Gasteiger partial charge is 0.324 e. The molecule has 0 atom stereocenters. The van der Waals surface area contributed by atoms with Crippen molar-refractivity contribution in [3.8, 4) is 0 Å². The highest BCUT2D eigenvalue weighted by atomic mass is 19.4. The number of nitrogens with one attached hydrogen (secondary N) is 1. The zero-order chi connectivity index (χ0) is 12.5. The zero-order valence-electron chi connectivity index (χ0n) is 9.15. The van der Waals surface area contributed by atoms with Crippen LogP contribution in [0.15, 0.2) is 0 Å². The van der Waals surface area contributed by atoms with Crippen molar-refractivity contribution in [2.75, 3.05) is 13.2 Å². The van der Waals surface area contributed by atoms with Gasteiger partial charge in [-0.1, -0.05) is 0 Å². The van der Waals surface area contributed by atoms with E-state index in [2.05, 4.69) is 10.3 Å². The first kappa shape index (κ1) is 12.3. The molecule has 0 saturated heterocycles. The van der Waals surface area contributed by atoms with Crippen molar-refractivity contribution >= 4 is 0 Å². The summed E-state index contributed by atoms with van der Waals surface area (Å²) in [4.78, 5) is 3.63. The fourth-order valence-corrected chi connectivity index (χ4v) is 2.05. The van der Waals surface area contributed by atoms with Crippen molar-refractivity contribution in [2.24, 2.45) is 0 Å². The molecule has 1 aromatic rings. The SMILES string of the molecule is FCCCn1c(C(F)(F)F)nc2c1CCNC2. The van der Waals surface area contributed by atoms with E-state index in [1.807, 2.05) is 0 Å². The van der Waals surface area contributed by atoms with Crippen molar-refractivity contribution in [1.82, 2.24) is 14.9 Å². The van der Waals surface area contributed by atoms with Gasteiger partial charge in [0.15, 0.2) is 0 Å². The molecule has 1 aliphatic heterocycles. The van der Waals surface area contributed by atoms with E-state index in [9.17, 15) is 17.6 Å². The number of halogens is 4. The van der Waals surface area contributed by atoms with Gasteiger partial charge in [0.25, 0.3) is 0 Å². The molecular weight excluding hydrogens is 238 g/mol. The number of fused-ring (bicyclic) bond motifs is 1. The molecule has 2 rings (SSSR count). The van der Waals surface area contributed by atoms with Gasteiger partial charge < -0.3 is 9.88 Å². The maximum Gasteiger partial charge on any atom is 0.449 e. The summed E-state index contributed by atoms with van der Waals surface area (Å²) in [6.07, 6.45) is -3.89. The van der Waals surface area contributed by atoms with E-state index in [1.165, 1.54) is 0 Å². The van der Waals surface area contributed by atoms with Crippen LogP contribution in [-0.4, -0.2) is 22.8 Å². The maximum absolute atomic E-state index is 12.8. The third-order valence-corrected chi connectivity index (χ3v) is 2.76. The predicted molar refractivity (Wildman–Crippen MR) is 53.2 cm³/mol. The molecule has 1 aliphatic rings. The molecule has 1 aromatic heterocycles. The molecule has 0 aromatic carbocycles. The number of nitrogens with zero attached hydrogens (tertiary/aromatic N) is 2. The Morgan fingerprint density at radius 3 is 2.76 bits per heavy atom. The van der Waals surface area contributed by atoms with E-state index in [1.54, 1.807) is 0 Å². The number of hydrogen-bond donors (Lipinski definition) is 1. The van der Waals surface area contributed by atoms with Gasteiger partial charge in [-0.25, -0.2) is 4.98 Å². The Balaban J connectivity index is 2.39. The number of imidazole rings is 1. The second-order valence-corrected chi connectivity index (χ2v) is 3.95. The van der Waals surface area contributed by atoms with Crippen LogP contribution >= 0.6 is 0 Å². The summed E-state index contributed by atoms with van der Waals surface area (Å²) in [5, 5.41) is 2.97. The highest BCUT2D eigenvalue weighted by molar-refractivity contribution is 5.21. The van der Waals surface area contributed by atoms with Crippen LogP contribution < -0.4 is 5.32 Å². The molecule has 0 amide bonds. The summed E-state index contributed by atoms with van der Waals surface area (Å²) in [5.41, 5.74) is 1.02. The highest BCUT2D eigenvalue weighted by Crippen LogP contribution is 2.31. The highest BCUT2D eigenvalue weighted by Gasteiger charge is 2.38. The van der Waals surface area contributed by atoms with Gasteiger partial charge in [-0.15, -0.1) is 0 Å². The van der Waals surface area contributed by atoms with E-state index in [0.29, 0.717) is 30.9 Å². The van der Waals surface area contributed by atoms with E-state index in [-0.39, 0.29) is 13.0 Å². The quantitative estimate of drug-likeness (QED) is 0.832. The lowest BCUT2D eigenvalue weighted by atomic mass is 10.2. The second-order valence-electron chi connectivity index (χ2n) is 3.95. The fraction of sp³-hybridized carbons (Fsp3) is 0.700. The number of alkyl halides is 4. The predicted octanol–water partition coefficient (Wildman–Crippen LogP) is 1.91. The summed E-state index contributed by atoms with van der Waals surface area (Å²) in [6, 6.07) is 0.